The van der Waals surface area contributed by atoms with Crippen LogP contribution >= 0.6 is 0 Å². The van der Waals surface area contributed by atoms with E-state index in [1.54, 1.807) is 0 Å². The van der Waals surface area contributed by atoms with Gasteiger partial charge in [-0.1, -0.05) is 0 Å². The monoisotopic (exact) mass is 228 g/mol. The van der Waals surface area contributed by atoms with E-state index < -0.39 is 0 Å². The van der Waals surface area contributed by atoms with Crippen molar-refractivity contribution in [2.75, 3.05) is 0 Å². The normalized spacial score (nSPS) is 0. The molecule has 0 nitrogen and oxygen atoms in total. The van der Waals surface area contributed by atoms with E-state index in [0.717, 1.165) is 0 Å². The molecule has 0 aliphatic heterocycles. The van der Waals surface area contributed by atoms with Crippen molar-refractivity contribution in [3.05, 3.63) is 22.3 Å². The van der Waals surface area contributed by atoms with Crippen molar-refractivity contribution in [3.8, 4) is 0 Å². The zero-order valence-electron chi connectivity index (χ0n) is 3.58. The van der Waals surface area contributed by atoms with E-state index in [9.17, 15) is 0 Å². The number of rotatable bonds is 0. The summed E-state index contributed by atoms with van der Waals surface area (Å²) in [6.45, 7) is 0. The first kappa shape index (κ1) is 121. The second-order valence-electron chi connectivity index (χ2n) is 0. The first-order chi connectivity index (χ1) is 0. The molecule has 0 atom stereocenters. The molecule has 0 saturated heterocycles. The van der Waals surface area contributed by atoms with E-state index in [1.165, 1.54) is 0 Å². The van der Waals surface area contributed by atoms with Gasteiger partial charge in [-0.05, 0) is 0 Å². The van der Waals surface area contributed by atoms with E-state index in [4.69, 9.17) is 0 Å². The molecule has 0 bridgehead atoms. The molecule has 0 unspecified atom stereocenters. The zero-order valence-corrected chi connectivity index (χ0v) is 7.73. The third kappa shape index (κ3) is 15.1. The first-order valence-electron chi connectivity index (χ1n) is 0. The van der Waals surface area contributed by atoms with Gasteiger partial charge >= 0.3 is 22.4 Å². The van der Waals surface area contributed by atoms with Crippen LogP contribution in [0.3, 0.4) is 0 Å². The molecule has 1 heteroatoms. The molecule has 0 aliphatic rings. The van der Waals surface area contributed by atoms with Crippen LogP contribution in [0.4, 0.5) is 0 Å². The summed E-state index contributed by atoms with van der Waals surface area (Å²) in [5.74, 6) is 0. The van der Waals surface area contributed by atoms with Crippen LogP contribution in [0.15, 0.2) is 0 Å². The fourth-order valence-corrected chi connectivity index (χ4v) is 0. The van der Waals surface area contributed by atoms with E-state index in [0.29, 0.717) is 0 Å². The fraction of sp³-hybridized carbons (Fsp3) is 0. The van der Waals surface area contributed by atoms with E-state index in [1.807, 2.05) is 0 Å². The molecule has 0 fully saturated rings. The maximum absolute atomic E-state index is 0. The summed E-state index contributed by atoms with van der Waals surface area (Å²) in [5, 5.41) is 0. The summed E-state index contributed by atoms with van der Waals surface area (Å²) >= 11 is 0. The van der Waals surface area contributed by atoms with Crippen molar-refractivity contribution in [2.45, 2.75) is 0 Å². The molecule has 1 radical (unpaired) electrons. The van der Waals surface area contributed by atoms with Gasteiger partial charge in [0.05, 0.1) is 0 Å². The Hall–Kier alpha value is 0.740. The quantitative estimate of drug-likeness (QED) is 0.538. The molecular formula is C3H11Ta-3. The van der Waals surface area contributed by atoms with Gasteiger partial charge in [-0.3, -0.25) is 0 Å². The van der Waals surface area contributed by atoms with Gasteiger partial charge in [0, 0.05) is 0 Å². The molecule has 0 aromatic heterocycles. The van der Waals surface area contributed by atoms with Gasteiger partial charge in [-0.2, -0.15) is 0 Å². The molecule has 0 aromatic carbocycles. The molecule has 0 spiro atoms. The SMILES string of the molecule is [CH3-].[CH3-].[CH3-].[TaH2]. The van der Waals surface area contributed by atoms with E-state index in [-0.39, 0.29) is 44.7 Å². The van der Waals surface area contributed by atoms with E-state index >= 15 is 0 Å². The molecule has 0 aromatic rings. The topological polar surface area (TPSA) is 0 Å². The van der Waals surface area contributed by atoms with Crippen LogP contribution in [0.2, 0.25) is 0 Å². The minimum absolute atomic E-state index is 0. The molecule has 0 rings (SSSR count). The van der Waals surface area contributed by atoms with Gasteiger partial charge in [-0.25, -0.2) is 0 Å². The Kier molecular flexibility index (Phi) is 1550. The second kappa shape index (κ2) is 51.3. The Morgan fingerprint density at radius 3 is 0.500 bits per heavy atom. The van der Waals surface area contributed by atoms with Crippen molar-refractivity contribution < 1.29 is 22.4 Å². The van der Waals surface area contributed by atoms with Crippen molar-refractivity contribution in [1.82, 2.24) is 0 Å². The van der Waals surface area contributed by atoms with E-state index in [2.05, 4.69) is 0 Å². The number of hydrogen-bond acceptors (Lipinski definition) is 0. The predicted molar refractivity (Wildman–Crippen MR) is 22.0 cm³/mol. The Balaban J connectivity index is 0. The second-order valence-corrected chi connectivity index (χ2v) is 0. The van der Waals surface area contributed by atoms with Gasteiger partial charge in [-0.15, -0.1) is 0 Å². The summed E-state index contributed by atoms with van der Waals surface area (Å²) in [6.07, 6.45) is 0. The Bertz CT molecular complexity index is 3.25. The van der Waals surface area contributed by atoms with Crippen LogP contribution < -0.4 is 0 Å². The standard InChI is InChI=1S/3CH3.Ta.2H/h3*1H3;;;/q3*-1;;;. The predicted octanol–water partition coefficient (Wildman–Crippen LogP) is 0.813. The van der Waals surface area contributed by atoms with Gasteiger partial charge in [0.2, 0.25) is 0 Å². The molecule has 0 N–H and O–H groups in total. The molecule has 4 heavy (non-hydrogen) atoms. The average Bonchev–Trinajstić information content (AvgIpc) is 0. The summed E-state index contributed by atoms with van der Waals surface area (Å²) < 4.78 is 0. The van der Waals surface area contributed by atoms with Crippen molar-refractivity contribution in [2.24, 2.45) is 0 Å². The summed E-state index contributed by atoms with van der Waals surface area (Å²) in [6, 6.07) is 0. The van der Waals surface area contributed by atoms with Crippen LogP contribution in [0.1, 0.15) is 0 Å². The Morgan fingerprint density at radius 2 is 0.500 bits per heavy atom. The van der Waals surface area contributed by atoms with Gasteiger partial charge < -0.3 is 22.3 Å². The van der Waals surface area contributed by atoms with Crippen molar-refractivity contribution in [3.63, 3.8) is 0 Å². The summed E-state index contributed by atoms with van der Waals surface area (Å²) in [4.78, 5) is 0. The van der Waals surface area contributed by atoms with Gasteiger partial charge in [0.15, 0.2) is 0 Å². The summed E-state index contributed by atoms with van der Waals surface area (Å²) in [5.41, 5.74) is 0. The summed E-state index contributed by atoms with van der Waals surface area (Å²) in [7, 11) is 0. The molecule has 0 heterocycles. The molecule has 31 valence electrons. The molecule has 0 saturated carbocycles. The number of hydrogen-bond donors (Lipinski definition) is 0. The average molecular weight is 228 g/mol. The zero-order chi connectivity index (χ0) is 0. The Morgan fingerprint density at radius 1 is 0.500 bits per heavy atom. The fourth-order valence-electron chi connectivity index (χ4n) is 0. The van der Waals surface area contributed by atoms with Crippen LogP contribution in [0.25, 0.3) is 0 Å². The van der Waals surface area contributed by atoms with Crippen LogP contribution in [0, 0.1) is 22.3 Å². The van der Waals surface area contributed by atoms with Gasteiger partial charge in [0.25, 0.3) is 0 Å². The minimum atomic E-state index is 0. The van der Waals surface area contributed by atoms with Crippen LogP contribution in [-0.4, -0.2) is 0 Å². The van der Waals surface area contributed by atoms with Crippen LogP contribution in [-0.2, 0) is 22.4 Å². The maximum atomic E-state index is 0. The molecule has 0 aliphatic carbocycles. The first-order valence-corrected chi connectivity index (χ1v) is 0. The molecular weight excluding hydrogens is 217 g/mol. The molecule has 0 amide bonds. The van der Waals surface area contributed by atoms with Crippen molar-refractivity contribution in [1.29, 1.82) is 0 Å². The van der Waals surface area contributed by atoms with Gasteiger partial charge in [0.1, 0.15) is 0 Å². The third-order valence-corrected chi connectivity index (χ3v) is 0. The van der Waals surface area contributed by atoms with Crippen LogP contribution in [0.5, 0.6) is 0 Å². The third-order valence-electron chi connectivity index (χ3n) is 0. The Labute approximate surface area is 45.1 Å². The van der Waals surface area contributed by atoms with Crippen molar-refractivity contribution >= 4 is 0 Å².